The summed E-state index contributed by atoms with van der Waals surface area (Å²) in [7, 11) is 0. The molecule has 0 saturated carbocycles. The summed E-state index contributed by atoms with van der Waals surface area (Å²) in [6, 6.07) is 8.89. The minimum Gasteiger partial charge on any atom is -0.312 e. The molecule has 0 radical (unpaired) electrons. The summed E-state index contributed by atoms with van der Waals surface area (Å²) in [6.07, 6.45) is 2.35. The minimum absolute atomic E-state index is 0.197. The third-order valence-corrected chi connectivity index (χ3v) is 3.61. The molecule has 0 fully saturated rings. The average molecular weight is 247 g/mol. The first kappa shape index (κ1) is 15.2. The van der Waals surface area contributed by atoms with Crippen LogP contribution in [0.2, 0.25) is 0 Å². The molecule has 0 aliphatic heterocycles. The molecule has 0 aliphatic rings. The Morgan fingerprint density at radius 3 is 2.28 bits per heavy atom. The Morgan fingerprint density at radius 2 is 1.78 bits per heavy atom. The molecule has 0 saturated heterocycles. The molecule has 0 spiro atoms. The van der Waals surface area contributed by atoms with E-state index >= 15 is 0 Å². The summed E-state index contributed by atoms with van der Waals surface area (Å²) in [5, 5.41) is 3.65. The summed E-state index contributed by atoms with van der Waals surface area (Å²) in [5.74, 6) is 0. The maximum Gasteiger partial charge on any atom is 0.00967 e. The standard InChI is InChI=1S/C17H29N/c1-7-17(6,13-18-16(3,4)5)12-15-10-8-9-14(2)11-15/h8-11,18H,7,12-13H2,1-6H3. The van der Waals surface area contributed by atoms with E-state index in [1.165, 1.54) is 17.5 Å². The van der Waals surface area contributed by atoms with Gasteiger partial charge in [0.15, 0.2) is 0 Å². The molecule has 0 aromatic heterocycles. The lowest BCUT2D eigenvalue weighted by atomic mass is 9.80. The van der Waals surface area contributed by atoms with Gasteiger partial charge in [-0.05, 0) is 51.5 Å². The van der Waals surface area contributed by atoms with Crippen LogP contribution >= 0.6 is 0 Å². The maximum absolute atomic E-state index is 3.65. The van der Waals surface area contributed by atoms with Crippen molar-refractivity contribution in [3.63, 3.8) is 0 Å². The van der Waals surface area contributed by atoms with Crippen LogP contribution in [0.5, 0.6) is 0 Å². The molecule has 102 valence electrons. The first-order chi connectivity index (χ1) is 8.24. The van der Waals surface area contributed by atoms with E-state index in [0.29, 0.717) is 5.41 Å². The van der Waals surface area contributed by atoms with Crippen LogP contribution < -0.4 is 5.32 Å². The van der Waals surface area contributed by atoms with Crippen molar-refractivity contribution in [2.75, 3.05) is 6.54 Å². The molecule has 0 amide bonds. The summed E-state index contributed by atoms with van der Waals surface area (Å²) >= 11 is 0. The maximum atomic E-state index is 3.65. The van der Waals surface area contributed by atoms with Crippen LogP contribution in [-0.2, 0) is 6.42 Å². The summed E-state index contributed by atoms with van der Waals surface area (Å²) in [4.78, 5) is 0. The van der Waals surface area contributed by atoms with E-state index in [2.05, 4.69) is 71.1 Å². The molecule has 0 bridgehead atoms. The smallest absolute Gasteiger partial charge is 0.00967 e. The van der Waals surface area contributed by atoms with E-state index in [-0.39, 0.29) is 5.54 Å². The molecular weight excluding hydrogens is 218 g/mol. The molecule has 18 heavy (non-hydrogen) atoms. The van der Waals surface area contributed by atoms with Crippen molar-refractivity contribution >= 4 is 0 Å². The molecule has 0 heterocycles. The highest BCUT2D eigenvalue weighted by Gasteiger charge is 2.24. The molecule has 1 heteroatoms. The Hall–Kier alpha value is -0.820. The Labute approximate surface area is 113 Å². The van der Waals surface area contributed by atoms with Crippen molar-refractivity contribution in [1.82, 2.24) is 5.32 Å². The zero-order valence-corrected chi connectivity index (χ0v) is 12.9. The monoisotopic (exact) mass is 247 g/mol. The lowest BCUT2D eigenvalue weighted by Crippen LogP contribution is -2.43. The number of aryl methyl sites for hydroxylation is 1. The van der Waals surface area contributed by atoms with E-state index in [9.17, 15) is 0 Å². The van der Waals surface area contributed by atoms with Gasteiger partial charge < -0.3 is 5.32 Å². The second kappa shape index (κ2) is 5.88. The molecular formula is C17H29N. The fourth-order valence-electron chi connectivity index (χ4n) is 2.11. The van der Waals surface area contributed by atoms with E-state index in [4.69, 9.17) is 0 Å². The van der Waals surface area contributed by atoms with Gasteiger partial charge in [-0.3, -0.25) is 0 Å². The number of benzene rings is 1. The largest absolute Gasteiger partial charge is 0.312 e. The van der Waals surface area contributed by atoms with E-state index in [1.807, 2.05) is 0 Å². The zero-order valence-electron chi connectivity index (χ0n) is 12.9. The first-order valence-corrected chi connectivity index (χ1v) is 7.05. The highest BCUT2D eigenvalue weighted by Crippen LogP contribution is 2.26. The third kappa shape index (κ3) is 5.22. The van der Waals surface area contributed by atoms with Crippen molar-refractivity contribution in [2.24, 2.45) is 5.41 Å². The summed E-state index contributed by atoms with van der Waals surface area (Å²) < 4.78 is 0. The Bertz CT molecular complexity index is 375. The second-order valence-electron chi connectivity index (χ2n) is 6.93. The molecule has 1 nitrogen and oxygen atoms in total. The van der Waals surface area contributed by atoms with Gasteiger partial charge in [-0.1, -0.05) is 43.7 Å². The number of nitrogens with one attached hydrogen (secondary N) is 1. The molecule has 1 N–H and O–H groups in total. The van der Waals surface area contributed by atoms with Gasteiger partial charge in [0.2, 0.25) is 0 Å². The summed E-state index contributed by atoms with van der Waals surface area (Å²) in [5.41, 5.74) is 3.34. The van der Waals surface area contributed by atoms with E-state index in [0.717, 1.165) is 13.0 Å². The molecule has 1 aromatic rings. The van der Waals surface area contributed by atoms with Gasteiger partial charge in [-0.15, -0.1) is 0 Å². The van der Waals surface area contributed by atoms with E-state index < -0.39 is 0 Å². The van der Waals surface area contributed by atoms with Gasteiger partial charge in [-0.2, -0.15) is 0 Å². The predicted molar refractivity (Wildman–Crippen MR) is 81.0 cm³/mol. The van der Waals surface area contributed by atoms with Crippen molar-refractivity contribution < 1.29 is 0 Å². The van der Waals surface area contributed by atoms with Crippen LogP contribution in [0, 0.1) is 12.3 Å². The quantitative estimate of drug-likeness (QED) is 0.816. The van der Waals surface area contributed by atoms with Gasteiger partial charge in [-0.25, -0.2) is 0 Å². The van der Waals surface area contributed by atoms with Crippen LogP contribution in [0.1, 0.15) is 52.2 Å². The molecule has 1 rings (SSSR count). The fraction of sp³-hybridized carbons (Fsp3) is 0.647. The van der Waals surface area contributed by atoms with Gasteiger partial charge in [0.1, 0.15) is 0 Å². The fourth-order valence-corrected chi connectivity index (χ4v) is 2.11. The third-order valence-electron chi connectivity index (χ3n) is 3.61. The molecule has 1 unspecified atom stereocenters. The van der Waals surface area contributed by atoms with Crippen molar-refractivity contribution in [3.8, 4) is 0 Å². The minimum atomic E-state index is 0.197. The average Bonchev–Trinajstić information content (AvgIpc) is 2.26. The lowest BCUT2D eigenvalue weighted by Gasteiger charge is -2.33. The van der Waals surface area contributed by atoms with Crippen LogP contribution in [-0.4, -0.2) is 12.1 Å². The topological polar surface area (TPSA) is 12.0 Å². The first-order valence-electron chi connectivity index (χ1n) is 7.05. The highest BCUT2D eigenvalue weighted by atomic mass is 15.0. The van der Waals surface area contributed by atoms with Gasteiger partial charge >= 0.3 is 0 Å². The zero-order chi connectivity index (χ0) is 13.8. The lowest BCUT2D eigenvalue weighted by molar-refractivity contribution is 0.255. The second-order valence-corrected chi connectivity index (χ2v) is 6.93. The Balaban J connectivity index is 2.70. The number of hydrogen-bond donors (Lipinski definition) is 1. The Morgan fingerprint density at radius 1 is 1.11 bits per heavy atom. The van der Waals surface area contributed by atoms with Crippen LogP contribution in [0.25, 0.3) is 0 Å². The van der Waals surface area contributed by atoms with Gasteiger partial charge in [0, 0.05) is 12.1 Å². The van der Waals surface area contributed by atoms with Crippen LogP contribution in [0.4, 0.5) is 0 Å². The number of rotatable bonds is 5. The van der Waals surface area contributed by atoms with Crippen LogP contribution in [0.3, 0.4) is 0 Å². The SMILES string of the molecule is CCC(C)(CNC(C)(C)C)Cc1cccc(C)c1. The van der Waals surface area contributed by atoms with Crippen molar-refractivity contribution in [3.05, 3.63) is 35.4 Å². The molecule has 1 aromatic carbocycles. The van der Waals surface area contributed by atoms with Crippen molar-refractivity contribution in [2.45, 2.75) is 59.9 Å². The predicted octanol–water partition coefficient (Wildman–Crippen LogP) is 4.34. The van der Waals surface area contributed by atoms with E-state index in [1.54, 1.807) is 0 Å². The molecule has 0 aliphatic carbocycles. The molecule has 1 atom stereocenters. The Kier molecular flexibility index (Phi) is 4.98. The summed E-state index contributed by atoms with van der Waals surface area (Å²) in [6.45, 7) is 14.6. The normalized spacial score (nSPS) is 15.4. The van der Waals surface area contributed by atoms with Crippen LogP contribution in [0.15, 0.2) is 24.3 Å². The highest BCUT2D eigenvalue weighted by molar-refractivity contribution is 5.23. The number of hydrogen-bond acceptors (Lipinski definition) is 1. The van der Waals surface area contributed by atoms with Gasteiger partial charge in [0.05, 0.1) is 0 Å². The van der Waals surface area contributed by atoms with Gasteiger partial charge in [0.25, 0.3) is 0 Å². The van der Waals surface area contributed by atoms with Crippen molar-refractivity contribution in [1.29, 1.82) is 0 Å².